The molecule has 0 aromatic heterocycles. The van der Waals surface area contributed by atoms with Crippen molar-refractivity contribution in [2.24, 2.45) is 11.8 Å². The Morgan fingerprint density at radius 3 is 2.34 bits per heavy atom. The molecule has 1 aliphatic carbocycles. The van der Waals surface area contributed by atoms with Crippen molar-refractivity contribution in [2.75, 3.05) is 33.0 Å². The lowest BCUT2D eigenvalue weighted by molar-refractivity contribution is 0.0885. The number of unbranched alkanes of at least 4 members (excludes halogenated alkanes) is 1. The van der Waals surface area contributed by atoms with Crippen molar-refractivity contribution in [3.05, 3.63) is 76.5 Å². The van der Waals surface area contributed by atoms with Gasteiger partial charge < -0.3 is 24.6 Å². The van der Waals surface area contributed by atoms with Crippen LogP contribution < -0.4 is 10.7 Å². The molecule has 15 heteroatoms. The Morgan fingerprint density at radius 1 is 0.880 bits per heavy atom. The van der Waals surface area contributed by atoms with Gasteiger partial charge in [0.15, 0.2) is 5.43 Å². The number of hydrogen-bond acceptors (Lipinski definition) is 10. The second-order valence-corrected chi connectivity index (χ2v) is 15.2. The average molecular weight is 734 g/mol. The summed E-state index contributed by atoms with van der Waals surface area (Å²) in [5, 5.41) is 13.6. The van der Waals surface area contributed by atoms with Gasteiger partial charge in [-0.25, -0.2) is 9.13 Å². The van der Waals surface area contributed by atoms with E-state index in [0.717, 1.165) is 12.0 Å². The van der Waals surface area contributed by atoms with E-state index in [1.54, 1.807) is 43.3 Å². The van der Waals surface area contributed by atoms with Gasteiger partial charge in [-0.2, -0.15) is 0 Å². The molecule has 3 unspecified atom stereocenters. The number of nitrogens with one attached hydrogen (secondary N) is 1. The Labute approximate surface area is 291 Å². The lowest BCUT2D eigenvalue weighted by Gasteiger charge is -2.20. The van der Waals surface area contributed by atoms with E-state index in [1.165, 1.54) is 18.2 Å². The maximum Gasteiger partial charge on any atom is 0.472 e. The van der Waals surface area contributed by atoms with Crippen LogP contribution in [-0.2, 0) is 27.2 Å². The molecule has 0 fully saturated rings. The zero-order valence-corrected chi connectivity index (χ0v) is 30.2. The number of amides is 1. The molecule has 3 atom stereocenters. The molecular formula is C35H45NO12P2. The fourth-order valence-corrected chi connectivity index (χ4v) is 7.00. The first-order valence-electron chi connectivity index (χ1n) is 16.6. The van der Waals surface area contributed by atoms with Crippen LogP contribution in [0.4, 0.5) is 0 Å². The van der Waals surface area contributed by atoms with Gasteiger partial charge in [0.05, 0.1) is 26.4 Å². The first kappa shape index (κ1) is 39.4. The highest BCUT2D eigenvalue weighted by Gasteiger charge is 2.27. The molecule has 4 rings (SSSR count). The van der Waals surface area contributed by atoms with Crippen molar-refractivity contribution in [1.29, 1.82) is 0 Å². The largest absolute Gasteiger partial charge is 0.508 e. The minimum absolute atomic E-state index is 0.0122. The van der Waals surface area contributed by atoms with Crippen LogP contribution in [-0.4, -0.2) is 53.8 Å². The van der Waals surface area contributed by atoms with E-state index in [0.29, 0.717) is 71.6 Å². The number of phenolic OH excluding ortho intramolecular Hbond substituents is 1. The molecule has 2 aromatic rings. The van der Waals surface area contributed by atoms with Gasteiger partial charge in [-0.1, -0.05) is 32.4 Å². The van der Waals surface area contributed by atoms with E-state index in [9.17, 15) is 33.6 Å². The minimum Gasteiger partial charge on any atom is -0.508 e. The predicted molar refractivity (Wildman–Crippen MR) is 189 cm³/mol. The van der Waals surface area contributed by atoms with Crippen LogP contribution in [0.25, 0.3) is 33.4 Å². The molecule has 4 N–H and O–H groups in total. The molecule has 13 nitrogen and oxygen atoms in total. The number of fused-ring (bicyclic) bond motifs is 2. The van der Waals surface area contributed by atoms with Gasteiger partial charge in [-0.05, 0) is 80.5 Å². The molecule has 0 saturated carbocycles. The van der Waals surface area contributed by atoms with E-state index >= 15 is 0 Å². The molecular weight excluding hydrogens is 688 g/mol. The van der Waals surface area contributed by atoms with Crippen LogP contribution in [0.5, 0.6) is 5.75 Å². The third-order valence-electron chi connectivity index (χ3n) is 7.83. The number of carbonyl (C=O) groups excluding carboxylic acids is 1. The summed E-state index contributed by atoms with van der Waals surface area (Å²) in [6, 6.07) is 16.3. The quantitative estimate of drug-likeness (QED) is 0.0398. The van der Waals surface area contributed by atoms with Gasteiger partial charge in [0.25, 0.3) is 5.91 Å². The smallest absolute Gasteiger partial charge is 0.472 e. The van der Waals surface area contributed by atoms with E-state index in [4.69, 9.17) is 22.5 Å². The maximum atomic E-state index is 13.2. The molecule has 2 aromatic carbocycles. The molecule has 1 aliphatic heterocycles. The fraction of sp³-hybridized carbons (Fsp3) is 0.429. The molecule has 0 bridgehead atoms. The summed E-state index contributed by atoms with van der Waals surface area (Å²) in [6.45, 7) is 5.46. The van der Waals surface area contributed by atoms with Crippen LogP contribution in [0, 0.1) is 11.8 Å². The van der Waals surface area contributed by atoms with Crippen LogP contribution in [0.3, 0.4) is 0 Å². The number of carbonyl (C=O) groups is 1. The highest BCUT2D eigenvalue weighted by Crippen LogP contribution is 2.46. The Hall–Kier alpha value is -3.38. The standard InChI is InChI=1S/C35H45NO12P2/c1-4-44-49(40,41)46-22-25(23-47-50(42,43)45-18-8-9-24(2)3)10-5-6-17-36-35(39)27-12-7-11-26(19-27)34-30-15-13-28(37)20-32(30)48-33-21-29(38)14-16-31(33)34/h7,11-16,19-21,24-25,37H,4-6,8-10,17-18,22-23H2,1-3H3,(H,36,39)(H,40,41)(H,42,43). The van der Waals surface area contributed by atoms with Crippen LogP contribution in [0.2, 0.25) is 0 Å². The van der Waals surface area contributed by atoms with Gasteiger partial charge in [0, 0.05) is 46.7 Å². The van der Waals surface area contributed by atoms with Crippen molar-refractivity contribution in [2.45, 2.75) is 52.9 Å². The molecule has 2 aliphatic rings. The Bertz CT molecular complexity index is 1860. The fourth-order valence-electron chi connectivity index (χ4n) is 5.37. The first-order valence-corrected chi connectivity index (χ1v) is 19.6. The van der Waals surface area contributed by atoms with E-state index in [1.807, 2.05) is 19.9 Å². The van der Waals surface area contributed by atoms with Crippen molar-refractivity contribution in [3.63, 3.8) is 0 Å². The molecule has 50 heavy (non-hydrogen) atoms. The van der Waals surface area contributed by atoms with E-state index < -0.39 is 21.6 Å². The van der Waals surface area contributed by atoms with Crippen LogP contribution in [0.1, 0.15) is 63.2 Å². The predicted octanol–water partition coefficient (Wildman–Crippen LogP) is 7.51. The summed E-state index contributed by atoms with van der Waals surface area (Å²) in [5.74, 6) is -0.0566. The summed E-state index contributed by atoms with van der Waals surface area (Å²) in [6.07, 6.45) is 2.89. The number of aromatic hydroxyl groups is 1. The minimum atomic E-state index is -4.34. The number of phosphoric acid groups is 2. The zero-order chi connectivity index (χ0) is 36.3. The number of hydrogen-bond donors (Lipinski definition) is 4. The summed E-state index contributed by atoms with van der Waals surface area (Å²) >= 11 is 0. The van der Waals surface area contributed by atoms with Gasteiger partial charge in [-0.15, -0.1) is 0 Å². The third-order valence-corrected chi connectivity index (χ3v) is 9.88. The van der Waals surface area contributed by atoms with Gasteiger partial charge in [0.2, 0.25) is 0 Å². The summed E-state index contributed by atoms with van der Waals surface area (Å²) in [4.78, 5) is 45.2. The second-order valence-electron chi connectivity index (χ2n) is 12.3. The van der Waals surface area contributed by atoms with E-state index in [2.05, 4.69) is 5.32 Å². The normalized spacial score (nSPS) is 14.8. The topological polar surface area (TPSA) is 191 Å². The van der Waals surface area contributed by atoms with Crippen molar-refractivity contribution >= 4 is 32.5 Å². The molecule has 0 spiro atoms. The molecule has 1 amide bonds. The molecule has 0 saturated heterocycles. The van der Waals surface area contributed by atoms with Crippen molar-refractivity contribution in [3.8, 4) is 28.2 Å². The van der Waals surface area contributed by atoms with Crippen molar-refractivity contribution in [1.82, 2.24) is 5.32 Å². The molecule has 272 valence electrons. The Balaban J connectivity index is 1.37. The Kier molecular flexibility index (Phi) is 14.4. The SMILES string of the molecule is CCOP(=O)(O)OCC(CCCCNC(=O)c1cccc(-c2c3ccc(=O)cc-3oc3cc(O)ccc23)c1)COP(=O)(O)OCCCC(C)C. The number of rotatable bonds is 20. The zero-order valence-electron chi connectivity index (χ0n) is 28.4. The monoisotopic (exact) mass is 733 g/mol. The number of phosphoric ester groups is 2. The van der Waals surface area contributed by atoms with Crippen molar-refractivity contribution < 1.29 is 51.3 Å². The average Bonchev–Trinajstić information content (AvgIpc) is 3.06. The number of phenols is 1. The number of benzene rings is 3. The van der Waals surface area contributed by atoms with Gasteiger partial charge in [-0.3, -0.25) is 27.7 Å². The Morgan fingerprint density at radius 2 is 1.62 bits per heavy atom. The molecule has 1 heterocycles. The maximum absolute atomic E-state index is 13.2. The molecule has 0 radical (unpaired) electrons. The first-order chi connectivity index (χ1) is 23.8. The lowest BCUT2D eigenvalue weighted by Crippen LogP contribution is -2.24. The summed E-state index contributed by atoms with van der Waals surface area (Å²) in [7, 11) is -8.64. The summed E-state index contributed by atoms with van der Waals surface area (Å²) < 4.78 is 50.5. The van der Waals surface area contributed by atoms with Crippen LogP contribution >= 0.6 is 15.6 Å². The third kappa shape index (κ3) is 11.9. The van der Waals surface area contributed by atoms with Crippen LogP contribution in [0.15, 0.2) is 69.9 Å². The highest BCUT2D eigenvalue weighted by molar-refractivity contribution is 7.47. The highest BCUT2D eigenvalue weighted by atomic mass is 31.2. The van der Waals surface area contributed by atoms with E-state index in [-0.39, 0.29) is 43.5 Å². The summed E-state index contributed by atoms with van der Waals surface area (Å²) in [5.41, 5.74) is 2.71. The van der Waals surface area contributed by atoms with Gasteiger partial charge in [0.1, 0.15) is 17.1 Å². The lowest BCUT2D eigenvalue weighted by atomic mass is 9.92. The second kappa shape index (κ2) is 18.2. The van der Waals surface area contributed by atoms with Gasteiger partial charge >= 0.3 is 15.6 Å².